The first-order valence-electron chi connectivity index (χ1n) is 5.08. The maximum Gasteiger partial charge on any atom is 0.228 e. The molecule has 0 bridgehead atoms. The van der Waals surface area contributed by atoms with Crippen LogP contribution in [0.15, 0.2) is 18.2 Å². The summed E-state index contributed by atoms with van der Waals surface area (Å²) in [6.07, 6.45) is 1.06. The molecule has 1 aromatic rings. The summed E-state index contributed by atoms with van der Waals surface area (Å²) in [4.78, 5) is 11.1. The zero-order chi connectivity index (χ0) is 11.1. The van der Waals surface area contributed by atoms with Gasteiger partial charge in [-0.15, -0.1) is 0 Å². The Kier molecular flexibility index (Phi) is 2.27. The van der Waals surface area contributed by atoms with Crippen LogP contribution < -0.4 is 5.32 Å². The average Bonchev–Trinajstić information content (AvgIpc) is 2.40. The second kappa shape index (κ2) is 3.35. The average molecular weight is 205 g/mol. The minimum Gasteiger partial charge on any atom is -0.390 e. The lowest BCUT2D eigenvalue weighted by atomic mass is 9.97. The van der Waals surface area contributed by atoms with E-state index in [0.29, 0.717) is 12.8 Å². The van der Waals surface area contributed by atoms with E-state index >= 15 is 0 Å². The van der Waals surface area contributed by atoms with Crippen molar-refractivity contribution in [2.45, 2.75) is 32.3 Å². The highest BCUT2D eigenvalue weighted by Crippen LogP contribution is 2.25. The summed E-state index contributed by atoms with van der Waals surface area (Å²) in [5, 5.41) is 12.5. The van der Waals surface area contributed by atoms with Gasteiger partial charge in [-0.3, -0.25) is 4.79 Å². The molecule has 0 spiro atoms. The van der Waals surface area contributed by atoms with Crippen molar-refractivity contribution in [1.29, 1.82) is 0 Å². The maximum atomic E-state index is 11.1. The number of rotatable bonds is 2. The minimum atomic E-state index is -0.704. The van der Waals surface area contributed by atoms with Gasteiger partial charge in [0, 0.05) is 12.1 Å². The van der Waals surface area contributed by atoms with Crippen LogP contribution in [-0.2, 0) is 17.6 Å². The molecule has 3 nitrogen and oxygen atoms in total. The Morgan fingerprint density at radius 2 is 2.20 bits per heavy atom. The first-order chi connectivity index (χ1) is 6.94. The quantitative estimate of drug-likeness (QED) is 0.768. The Bertz CT molecular complexity index is 405. The molecule has 2 rings (SSSR count). The molecule has 1 aliphatic rings. The number of carbonyl (C=O) groups excluding carboxylic acids is 1. The van der Waals surface area contributed by atoms with Gasteiger partial charge in [0.25, 0.3) is 0 Å². The van der Waals surface area contributed by atoms with E-state index in [-0.39, 0.29) is 5.91 Å². The van der Waals surface area contributed by atoms with Crippen LogP contribution in [0.25, 0.3) is 0 Å². The van der Waals surface area contributed by atoms with Crippen LogP contribution in [-0.4, -0.2) is 16.6 Å². The second-order valence-corrected chi connectivity index (χ2v) is 4.71. The van der Waals surface area contributed by atoms with Crippen LogP contribution in [0, 0.1) is 0 Å². The highest BCUT2D eigenvalue weighted by Gasteiger charge is 2.19. The standard InChI is InChI=1S/C12H15NO2/c1-12(2,15)7-8-3-4-10-9(5-8)6-11(14)13-10/h3-5,15H,6-7H2,1-2H3,(H,13,14). The van der Waals surface area contributed by atoms with Gasteiger partial charge in [0.1, 0.15) is 0 Å². The topological polar surface area (TPSA) is 49.3 Å². The lowest BCUT2D eigenvalue weighted by Gasteiger charge is -2.17. The van der Waals surface area contributed by atoms with E-state index in [0.717, 1.165) is 16.8 Å². The Balaban J connectivity index is 2.24. The molecular weight excluding hydrogens is 190 g/mol. The molecule has 0 atom stereocenters. The third-order valence-electron chi connectivity index (χ3n) is 2.43. The largest absolute Gasteiger partial charge is 0.390 e. The van der Waals surface area contributed by atoms with E-state index < -0.39 is 5.60 Å². The van der Waals surface area contributed by atoms with E-state index in [1.54, 1.807) is 13.8 Å². The number of aliphatic hydroxyl groups is 1. The van der Waals surface area contributed by atoms with Gasteiger partial charge in [-0.2, -0.15) is 0 Å². The van der Waals surface area contributed by atoms with E-state index in [1.807, 2.05) is 18.2 Å². The van der Waals surface area contributed by atoms with Gasteiger partial charge in [-0.1, -0.05) is 12.1 Å². The van der Waals surface area contributed by atoms with Gasteiger partial charge in [0.15, 0.2) is 0 Å². The third-order valence-corrected chi connectivity index (χ3v) is 2.43. The molecule has 1 amide bonds. The van der Waals surface area contributed by atoms with Crippen molar-refractivity contribution in [3.63, 3.8) is 0 Å². The highest BCUT2D eigenvalue weighted by molar-refractivity contribution is 5.99. The normalized spacial score (nSPS) is 15.0. The predicted molar refractivity (Wildman–Crippen MR) is 58.8 cm³/mol. The summed E-state index contributed by atoms with van der Waals surface area (Å²) in [6, 6.07) is 5.84. The minimum absolute atomic E-state index is 0.0467. The summed E-state index contributed by atoms with van der Waals surface area (Å²) in [7, 11) is 0. The lowest BCUT2D eigenvalue weighted by Crippen LogP contribution is -2.21. The molecule has 2 N–H and O–H groups in total. The van der Waals surface area contributed by atoms with Gasteiger partial charge in [-0.05, 0) is 31.0 Å². The first-order valence-corrected chi connectivity index (χ1v) is 5.08. The smallest absolute Gasteiger partial charge is 0.228 e. The van der Waals surface area contributed by atoms with Crippen molar-refractivity contribution >= 4 is 11.6 Å². The molecule has 1 heterocycles. The molecule has 80 valence electrons. The second-order valence-electron chi connectivity index (χ2n) is 4.71. The highest BCUT2D eigenvalue weighted by atomic mass is 16.3. The van der Waals surface area contributed by atoms with Crippen LogP contribution in [0.5, 0.6) is 0 Å². The van der Waals surface area contributed by atoms with Crippen molar-refractivity contribution in [2.75, 3.05) is 5.32 Å². The van der Waals surface area contributed by atoms with Gasteiger partial charge < -0.3 is 10.4 Å². The molecule has 1 aliphatic heterocycles. The Morgan fingerprint density at radius 1 is 1.47 bits per heavy atom. The lowest BCUT2D eigenvalue weighted by molar-refractivity contribution is -0.115. The molecule has 0 saturated carbocycles. The van der Waals surface area contributed by atoms with Crippen molar-refractivity contribution in [3.8, 4) is 0 Å². The summed E-state index contributed by atoms with van der Waals surface area (Å²) >= 11 is 0. The SMILES string of the molecule is CC(C)(O)Cc1ccc2c(c1)CC(=O)N2. The van der Waals surface area contributed by atoms with E-state index in [1.165, 1.54) is 0 Å². The summed E-state index contributed by atoms with van der Waals surface area (Å²) in [5.41, 5.74) is 2.29. The third kappa shape index (κ3) is 2.36. The van der Waals surface area contributed by atoms with Crippen LogP contribution in [0.4, 0.5) is 5.69 Å². The molecular formula is C12H15NO2. The fourth-order valence-corrected chi connectivity index (χ4v) is 1.89. The summed E-state index contributed by atoms with van der Waals surface area (Å²) < 4.78 is 0. The number of hydrogen-bond donors (Lipinski definition) is 2. The Morgan fingerprint density at radius 3 is 2.87 bits per heavy atom. The molecule has 1 aromatic carbocycles. The van der Waals surface area contributed by atoms with Crippen LogP contribution in [0.3, 0.4) is 0 Å². The van der Waals surface area contributed by atoms with E-state index in [2.05, 4.69) is 5.32 Å². The first kappa shape index (κ1) is 10.2. The summed E-state index contributed by atoms with van der Waals surface area (Å²) in [5.74, 6) is 0.0467. The number of fused-ring (bicyclic) bond motifs is 1. The van der Waals surface area contributed by atoms with Crippen molar-refractivity contribution in [3.05, 3.63) is 29.3 Å². The molecule has 0 radical (unpaired) electrons. The van der Waals surface area contributed by atoms with Gasteiger partial charge in [0.2, 0.25) is 5.91 Å². The Hall–Kier alpha value is -1.35. The molecule has 3 heteroatoms. The molecule has 0 unspecified atom stereocenters. The van der Waals surface area contributed by atoms with Crippen LogP contribution in [0.2, 0.25) is 0 Å². The van der Waals surface area contributed by atoms with Crippen molar-refractivity contribution < 1.29 is 9.90 Å². The molecule has 0 aliphatic carbocycles. The van der Waals surface area contributed by atoms with Crippen LogP contribution >= 0.6 is 0 Å². The van der Waals surface area contributed by atoms with Gasteiger partial charge in [0.05, 0.1) is 12.0 Å². The number of hydrogen-bond acceptors (Lipinski definition) is 2. The maximum absolute atomic E-state index is 11.1. The van der Waals surface area contributed by atoms with Crippen molar-refractivity contribution in [1.82, 2.24) is 0 Å². The number of amides is 1. The van der Waals surface area contributed by atoms with Crippen LogP contribution in [0.1, 0.15) is 25.0 Å². The summed E-state index contributed by atoms with van der Waals surface area (Å²) in [6.45, 7) is 3.56. The van der Waals surface area contributed by atoms with Gasteiger partial charge >= 0.3 is 0 Å². The zero-order valence-corrected chi connectivity index (χ0v) is 9.00. The number of nitrogens with one attached hydrogen (secondary N) is 1. The predicted octanol–water partition coefficient (Wildman–Crippen LogP) is 1.49. The van der Waals surface area contributed by atoms with E-state index in [4.69, 9.17) is 0 Å². The number of benzene rings is 1. The Labute approximate surface area is 89.1 Å². The van der Waals surface area contributed by atoms with Gasteiger partial charge in [-0.25, -0.2) is 0 Å². The molecule has 0 fully saturated rings. The molecule has 0 aromatic heterocycles. The number of anilines is 1. The zero-order valence-electron chi connectivity index (χ0n) is 9.00. The molecule has 0 saturated heterocycles. The number of carbonyl (C=O) groups is 1. The van der Waals surface area contributed by atoms with E-state index in [9.17, 15) is 9.90 Å². The van der Waals surface area contributed by atoms with Crippen molar-refractivity contribution in [2.24, 2.45) is 0 Å². The molecule has 15 heavy (non-hydrogen) atoms. The monoisotopic (exact) mass is 205 g/mol. The fraction of sp³-hybridized carbons (Fsp3) is 0.417. The fourth-order valence-electron chi connectivity index (χ4n) is 1.89.